The first-order chi connectivity index (χ1) is 12.9. The summed E-state index contributed by atoms with van der Waals surface area (Å²) in [5.41, 5.74) is 8.35. The number of carbonyl (C=O) groups excluding carboxylic acids is 1. The summed E-state index contributed by atoms with van der Waals surface area (Å²) in [5, 5.41) is 5.99. The maximum absolute atomic E-state index is 12.0. The summed E-state index contributed by atoms with van der Waals surface area (Å²) < 4.78 is 38.8. The highest BCUT2D eigenvalue weighted by molar-refractivity contribution is 7.90. The van der Waals surface area contributed by atoms with E-state index in [9.17, 15) is 13.2 Å². The van der Waals surface area contributed by atoms with Crippen molar-refractivity contribution in [3.63, 3.8) is 0 Å². The lowest BCUT2D eigenvalue weighted by molar-refractivity contribution is 0.0166. The lowest BCUT2D eigenvalue weighted by Crippen LogP contribution is -2.27. The normalized spacial score (nSPS) is 11.0. The van der Waals surface area contributed by atoms with Crippen LogP contribution in [0.1, 0.15) is 10.4 Å². The van der Waals surface area contributed by atoms with Crippen molar-refractivity contribution in [1.82, 2.24) is 5.32 Å². The Labute approximate surface area is 158 Å². The zero-order valence-electron chi connectivity index (χ0n) is 15.2. The van der Waals surface area contributed by atoms with Gasteiger partial charge < -0.3 is 19.5 Å². The number of hydrogen-bond acceptors (Lipinski definition) is 7. The quantitative estimate of drug-likeness (QED) is 0.215. The van der Waals surface area contributed by atoms with Crippen LogP contribution in [0.5, 0.6) is 0 Å². The number of nitrogens with one attached hydrogen (secondary N) is 1. The molecular weight excluding hydrogens is 376 g/mol. The lowest BCUT2D eigenvalue weighted by atomic mass is 10.2. The molecule has 0 bridgehead atoms. The third-order valence-corrected chi connectivity index (χ3v) is 4.31. The molecule has 0 fully saturated rings. The van der Waals surface area contributed by atoms with E-state index in [1.807, 2.05) is 0 Å². The largest absolute Gasteiger partial charge is 0.379 e. The second-order valence-corrected chi connectivity index (χ2v) is 7.36. The molecule has 11 heteroatoms. The summed E-state index contributed by atoms with van der Waals surface area (Å²) in [6.07, 6.45) is 1.09. The Bertz CT molecular complexity index is 734. The van der Waals surface area contributed by atoms with Crippen molar-refractivity contribution in [3.05, 3.63) is 40.3 Å². The summed E-state index contributed by atoms with van der Waals surface area (Å²) in [5.74, 6) is -0.363. The number of azide groups is 1. The van der Waals surface area contributed by atoms with Crippen molar-refractivity contribution in [3.8, 4) is 0 Å². The van der Waals surface area contributed by atoms with Crippen LogP contribution >= 0.6 is 0 Å². The molecule has 150 valence electrons. The average molecular weight is 400 g/mol. The fourth-order valence-corrected chi connectivity index (χ4v) is 2.57. The van der Waals surface area contributed by atoms with Crippen LogP contribution in [-0.4, -0.2) is 73.3 Å². The standard InChI is InChI=1S/C16H24N4O6S/c1-27(22,23)15-4-2-3-14(13-15)16(21)18-5-7-24-9-11-26-12-10-25-8-6-19-20-17/h2-4,13H,5-12H2,1H3,(H,18,21). The van der Waals surface area contributed by atoms with Crippen molar-refractivity contribution in [2.45, 2.75) is 4.90 Å². The van der Waals surface area contributed by atoms with Gasteiger partial charge in [0.05, 0.1) is 44.5 Å². The van der Waals surface area contributed by atoms with Crippen LogP contribution in [-0.2, 0) is 24.0 Å². The minimum Gasteiger partial charge on any atom is -0.379 e. The van der Waals surface area contributed by atoms with Gasteiger partial charge in [0.25, 0.3) is 5.91 Å². The zero-order valence-corrected chi connectivity index (χ0v) is 16.0. The van der Waals surface area contributed by atoms with Gasteiger partial charge in [-0.3, -0.25) is 4.79 Å². The number of rotatable bonds is 14. The molecule has 0 radical (unpaired) electrons. The predicted molar refractivity (Wildman–Crippen MR) is 98.4 cm³/mol. The van der Waals surface area contributed by atoms with Gasteiger partial charge >= 0.3 is 0 Å². The molecule has 0 spiro atoms. The topological polar surface area (TPSA) is 140 Å². The third-order valence-electron chi connectivity index (χ3n) is 3.20. The Kier molecular flexibility index (Phi) is 11.1. The molecule has 1 rings (SSSR count). The molecule has 27 heavy (non-hydrogen) atoms. The van der Waals surface area contributed by atoms with Crippen LogP contribution < -0.4 is 5.32 Å². The van der Waals surface area contributed by atoms with Crippen molar-refractivity contribution >= 4 is 15.7 Å². The van der Waals surface area contributed by atoms with Crippen LogP contribution in [0.25, 0.3) is 10.4 Å². The first-order valence-electron chi connectivity index (χ1n) is 8.27. The van der Waals surface area contributed by atoms with E-state index in [4.69, 9.17) is 19.7 Å². The van der Waals surface area contributed by atoms with Gasteiger partial charge in [0.2, 0.25) is 0 Å². The number of benzene rings is 1. The van der Waals surface area contributed by atoms with Crippen LogP contribution in [0.3, 0.4) is 0 Å². The molecule has 0 saturated carbocycles. The number of carbonyl (C=O) groups is 1. The molecule has 0 heterocycles. The molecule has 10 nitrogen and oxygen atoms in total. The molecule has 0 aliphatic carbocycles. The molecule has 0 atom stereocenters. The minimum atomic E-state index is -3.35. The number of sulfone groups is 1. The monoisotopic (exact) mass is 400 g/mol. The molecule has 0 aliphatic rings. The highest BCUT2D eigenvalue weighted by Crippen LogP contribution is 2.11. The van der Waals surface area contributed by atoms with Gasteiger partial charge in [-0.2, -0.15) is 0 Å². The second-order valence-electron chi connectivity index (χ2n) is 5.35. The SMILES string of the molecule is CS(=O)(=O)c1cccc(C(=O)NCCOCCOCCOCCN=[N+]=[N-])c1. The first kappa shape index (κ1) is 22.9. The molecule has 0 unspecified atom stereocenters. The van der Waals surface area contributed by atoms with Crippen LogP contribution in [0, 0.1) is 0 Å². The molecule has 1 amide bonds. The van der Waals surface area contributed by atoms with E-state index < -0.39 is 9.84 Å². The fourth-order valence-electron chi connectivity index (χ4n) is 1.90. The van der Waals surface area contributed by atoms with Crippen LogP contribution in [0.15, 0.2) is 34.3 Å². The van der Waals surface area contributed by atoms with Crippen molar-refractivity contribution < 1.29 is 27.4 Å². The first-order valence-corrected chi connectivity index (χ1v) is 10.2. The van der Waals surface area contributed by atoms with Gasteiger partial charge in [-0.15, -0.1) is 0 Å². The third kappa shape index (κ3) is 10.5. The zero-order chi connectivity index (χ0) is 20.0. The van der Waals surface area contributed by atoms with Crippen molar-refractivity contribution in [2.24, 2.45) is 5.11 Å². The van der Waals surface area contributed by atoms with E-state index in [0.29, 0.717) is 52.7 Å². The molecular formula is C16H24N4O6S. The lowest BCUT2D eigenvalue weighted by Gasteiger charge is -2.08. The number of ether oxygens (including phenoxy) is 3. The fraction of sp³-hybridized carbons (Fsp3) is 0.562. The van der Waals surface area contributed by atoms with Crippen molar-refractivity contribution in [1.29, 1.82) is 0 Å². The Morgan fingerprint density at radius 3 is 2.37 bits per heavy atom. The maximum Gasteiger partial charge on any atom is 0.251 e. The summed E-state index contributed by atoms with van der Waals surface area (Å²) >= 11 is 0. The van der Waals surface area contributed by atoms with E-state index in [1.54, 1.807) is 6.07 Å². The van der Waals surface area contributed by atoms with Crippen LogP contribution in [0.2, 0.25) is 0 Å². The Morgan fingerprint density at radius 1 is 1.11 bits per heavy atom. The number of hydrogen-bond donors (Lipinski definition) is 1. The molecule has 1 aromatic rings. The maximum atomic E-state index is 12.0. The summed E-state index contributed by atoms with van der Waals surface area (Å²) in [6, 6.07) is 5.86. The van der Waals surface area contributed by atoms with Gasteiger partial charge in [0.1, 0.15) is 0 Å². The predicted octanol–water partition coefficient (Wildman–Crippen LogP) is 1.18. The van der Waals surface area contributed by atoms with E-state index in [1.165, 1.54) is 18.2 Å². The van der Waals surface area contributed by atoms with E-state index >= 15 is 0 Å². The Morgan fingerprint density at radius 2 is 1.74 bits per heavy atom. The van der Waals surface area contributed by atoms with Gasteiger partial charge in [0, 0.05) is 29.8 Å². The highest BCUT2D eigenvalue weighted by Gasteiger charge is 2.11. The average Bonchev–Trinajstić information content (AvgIpc) is 2.64. The number of nitrogens with zero attached hydrogens (tertiary/aromatic N) is 3. The van der Waals surface area contributed by atoms with E-state index in [-0.39, 0.29) is 16.4 Å². The van der Waals surface area contributed by atoms with Gasteiger partial charge in [0.15, 0.2) is 9.84 Å². The molecule has 0 aromatic heterocycles. The van der Waals surface area contributed by atoms with Crippen LogP contribution in [0.4, 0.5) is 0 Å². The summed E-state index contributed by atoms with van der Waals surface area (Å²) in [7, 11) is -3.35. The van der Waals surface area contributed by atoms with Gasteiger partial charge in [-0.25, -0.2) is 8.42 Å². The van der Waals surface area contributed by atoms with E-state index in [0.717, 1.165) is 6.26 Å². The summed E-state index contributed by atoms with van der Waals surface area (Å²) in [6.45, 7) is 2.84. The number of amides is 1. The summed E-state index contributed by atoms with van der Waals surface area (Å²) in [4.78, 5) is 14.7. The van der Waals surface area contributed by atoms with Gasteiger partial charge in [-0.1, -0.05) is 11.2 Å². The second kappa shape index (κ2) is 13.1. The highest BCUT2D eigenvalue weighted by atomic mass is 32.2. The van der Waals surface area contributed by atoms with Gasteiger partial charge in [-0.05, 0) is 23.7 Å². The Balaban J connectivity index is 2.07. The molecule has 0 saturated heterocycles. The minimum absolute atomic E-state index is 0.102. The molecule has 0 aliphatic heterocycles. The van der Waals surface area contributed by atoms with E-state index in [2.05, 4.69) is 15.3 Å². The molecule has 1 N–H and O–H groups in total. The smallest absolute Gasteiger partial charge is 0.251 e. The Hall–Kier alpha value is -2.17. The van der Waals surface area contributed by atoms with Crippen molar-refractivity contribution in [2.75, 3.05) is 59.0 Å². The molecule has 1 aromatic carbocycles.